The molecule has 0 bridgehead atoms. The van der Waals surface area contributed by atoms with Gasteiger partial charge in [0, 0.05) is 30.2 Å². The summed E-state index contributed by atoms with van der Waals surface area (Å²) in [6, 6.07) is 9.16. The van der Waals surface area contributed by atoms with E-state index >= 15 is 0 Å². The molecule has 0 spiro atoms. The van der Waals surface area contributed by atoms with Gasteiger partial charge in [-0.05, 0) is 76.7 Å². The maximum absolute atomic E-state index is 12.4. The number of hydrogen-bond donors (Lipinski definition) is 1. The first-order chi connectivity index (χ1) is 13.6. The van der Waals surface area contributed by atoms with Gasteiger partial charge in [-0.3, -0.25) is 4.79 Å². The molecular formula is C23H33N3O2. The highest BCUT2D eigenvalue weighted by Gasteiger charge is 2.32. The predicted molar refractivity (Wildman–Crippen MR) is 113 cm³/mol. The minimum Gasteiger partial charge on any atom is -0.483 e. The molecule has 1 aromatic heterocycles. The van der Waals surface area contributed by atoms with E-state index < -0.39 is 0 Å². The van der Waals surface area contributed by atoms with E-state index in [9.17, 15) is 4.79 Å². The van der Waals surface area contributed by atoms with Gasteiger partial charge in [0.15, 0.2) is 6.61 Å². The van der Waals surface area contributed by atoms with Crippen molar-refractivity contribution in [3.8, 4) is 5.75 Å². The largest absolute Gasteiger partial charge is 0.483 e. The van der Waals surface area contributed by atoms with E-state index in [1.807, 2.05) is 12.1 Å². The molecule has 5 heteroatoms. The predicted octanol–water partition coefficient (Wildman–Crippen LogP) is 3.98. The van der Waals surface area contributed by atoms with Gasteiger partial charge < -0.3 is 19.5 Å². The smallest absolute Gasteiger partial charge is 0.257 e. The topological polar surface area (TPSA) is 46.5 Å². The fourth-order valence-corrected chi connectivity index (χ4v) is 4.99. The monoisotopic (exact) mass is 383 g/mol. The normalized spacial score (nSPS) is 23.0. The summed E-state index contributed by atoms with van der Waals surface area (Å²) in [6.07, 6.45) is 8.50. The van der Waals surface area contributed by atoms with Crippen molar-refractivity contribution in [2.75, 3.05) is 26.2 Å². The number of amides is 1. The number of aromatic nitrogens is 1. The minimum absolute atomic E-state index is 0.0202. The Labute approximate surface area is 168 Å². The van der Waals surface area contributed by atoms with E-state index in [1.165, 1.54) is 45.2 Å². The van der Waals surface area contributed by atoms with Crippen LogP contribution in [0.15, 0.2) is 30.5 Å². The van der Waals surface area contributed by atoms with Crippen molar-refractivity contribution >= 4 is 16.8 Å². The summed E-state index contributed by atoms with van der Waals surface area (Å²) >= 11 is 0. The SMILES string of the molecule is CC(C)n1ccc2c(OCC(=O)NC[C@@H]3CCCN4CCCC[C@H]34)cccc21. The molecule has 2 aliphatic heterocycles. The molecule has 28 heavy (non-hydrogen) atoms. The van der Waals surface area contributed by atoms with Crippen LogP contribution in [0.1, 0.15) is 52.0 Å². The molecule has 1 amide bonds. The van der Waals surface area contributed by atoms with Crippen molar-refractivity contribution in [1.82, 2.24) is 14.8 Å². The lowest BCUT2D eigenvalue weighted by atomic mass is 9.83. The quantitative estimate of drug-likeness (QED) is 0.821. The molecule has 2 aliphatic rings. The summed E-state index contributed by atoms with van der Waals surface area (Å²) in [7, 11) is 0. The molecule has 1 aromatic carbocycles. The molecular weight excluding hydrogens is 350 g/mol. The first-order valence-electron chi connectivity index (χ1n) is 10.9. The Morgan fingerprint density at radius 2 is 2.04 bits per heavy atom. The van der Waals surface area contributed by atoms with Crippen LogP contribution in [0.5, 0.6) is 5.75 Å². The van der Waals surface area contributed by atoms with E-state index in [-0.39, 0.29) is 12.5 Å². The third-order valence-corrected chi connectivity index (χ3v) is 6.43. The van der Waals surface area contributed by atoms with Gasteiger partial charge in [0.1, 0.15) is 5.75 Å². The maximum atomic E-state index is 12.4. The molecule has 152 valence electrons. The van der Waals surface area contributed by atoms with Gasteiger partial charge in [-0.15, -0.1) is 0 Å². The van der Waals surface area contributed by atoms with Crippen LogP contribution in [0.4, 0.5) is 0 Å². The van der Waals surface area contributed by atoms with Crippen LogP contribution >= 0.6 is 0 Å². The van der Waals surface area contributed by atoms with E-state index in [0.29, 0.717) is 18.0 Å². The number of rotatable bonds is 6. The molecule has 1 N–H and O–H groups in total. The Balaban J connectivity index is 1.32. The van der Waals surface area contributed by atoms with Gasteiger partial charge in [0.05, 0.1) is 5.52 Å². The molecule has 0 aliphatic carbocycles. The molecule has 2 aromatic rings. The average molecular weight is 384 g/mol. The Kier molecular flexibility index (Phi) is 5.90. The van der Waals surface area contributed by atoms with Crippen LogP contribution in [0, 0.1) is 5.92 Å². The van der Waals surface area contributed by atoms with Gasteiger partial charge in [-0.1, -0.05) is 12.5 Å². The number of carbonyl (C=O) groups is 1. The molecule has 2 saturated heterocycles. The van der Waals surface area contributed by atoms with Gasteiger partial charge in [-0.25, -0.2) is 0 Å². The highest BCUT2D eigenvalue weighted by atomic mass is 16.5. The van der Waals surface area contributed by atoms with E-state index in [0.717, 1.165) is 23.2 Å². The summed E-state index contributed by atoms with van der Waals surface area (Å²) in [5, 5.41) is 4.20. The second-order valence-electron chi connectivity index (χ2n) is 8.60. The molecule has 2 atom stereocenters. The minimum atomic E-state index is -0.0202. The number of ether oxygens (including phenoxy) is 1. The van der Waals surface area contributed by atoms with Crippen molar-refractivity contribution in [3.63, 3.8) is 0 Å². The van der Waals surface area contributed by atoms with Crippen molar-refractivity contribution < 1.29 is 9.53 Å². The van der Waals surface area contributed by atoms with Gasteiger partial charge >= 0.3 is 0 Å². The molecule has 0 unspecified atom stereocenters. The Morgan fingerprint density at radius 1 is 1.18 bits per heavy atom. The second kappa shape index (κ2) is 8.56. The maximum Gasteiger partial charge on any atom is 0.257 e. The zero-order valence-corrected chi connectivity index (χ0v) is 17.2. The van der Waals surface area contributed by atoms with Crippen LogP contribution in [-0.4, -0.2) is 47.7 Å². The summed E-state index contributed by atoms with van der Waals surface area (Å²) in [4.78, 5) is 15.1. The second-order valence-corrected chi connectivity index (χ2v) is 8.60. The van der Waals surface area contributed by atoms with Crippen molar-refractivity contribution in [1.29, 1.82) is 0 Å². The number of benzene rings is 1. The molecule has 0 saturated carbocycles. The number of hydrogen-bond acceptors (Lipinski definition) is 3. The van der Waals surface area contributed by atoms with Gasteiger partial charge in [0.25, 0.3) is 5.91 Å². The zero-order valence-electron chi connectivity index (χ0n) is 17.2. The molecule has 4 rings (SSSR count). The standard InChI is InChI=1S/C23H33N3O2/c1-17(2)26-14-11-19-21(26)9-5-10-22(19)28-16-23(27)24-15-18-7-6-13-25-12-4-3-8-20(18)25/h5,9-11,14,17-18,20H,3-4,6-8,12-13,15-16H2,1-2H3,(H,24,27)/t18-,20+/m0/s1. The fourth-order valence-electron chi connectivity index (χ4n) is 4.99. The lowest BCUT2D eigenvalue weighted by Gasteiger charge is -2.44. The molecule has 0 radical (unpaired) electrons. The number of carbonyl (C=O) groups excluding carboxylic acids is 1. The highest BCUT2D eigenvalue weighted by molar-refractivity contribution is 5.87. The summed E-state index contributed by atoms with van der Waals surface area (Å²) in [5.41, 5.74) is 1.15. The summed E-state index contributed by atoms with van der Waals surface area (Å²) in [6.45, 7) is 7.65. The number of fused-ring (bicyclic) bond motifs is 2. The Hall–Kier alpha value is -2.01. The van der Waals surface area contributed by atoms with Gasteiger partial charge in [-0.2, -0.15) is 0 Å². The highest BCUT2D eigenvalue weighted by Crippen LogP contribution is 2.31. The van der Waals surface area contributed by atoms with Crippen molar-refractivity contribution in [2.24, 2.45) is 5.92 Å². The van der Waals surface area contributed by atoms with Crippen LogP contribution in [-0.2, 0) is 4.79 Å². The first kappa shape index (κ1) is 19.3. The van der Waals surface area contributed by atoms with Crippen LogP contribution in [0.2, 0.25) is 0 Å². The lowest BCUT2D eigenvalue weighted by molar-refractivity contribution is -0.123. The molecule has 5 nitrogen and oxygen atoms in total. The van der Waals surface area contributed by atoms with Crippen LogP contribution < -0.4 is 10.1 Å². The summed E-state index contributed by atoms with van der Waals surface area (Å²) in [5.74, 6) is 1.35. The van der Waals surface area contributed by atoms with Gasteiger partial charge in [0.2, 0.25) is 0 Å². The third kappa shape index (κ3) is 4.04. The van der Waals surface area contributed by atoms with E-state index in [2.05, 4.69) is 47.0 Å². The number of piperidine rings is 2. The van der Waals surface area contributed by atoms with Crippen molar-refractivity contribution in [2.45, 2.75) is 58.0 Å². The van der Waals surface area contributed by atoms with Crippen molar-refractivity contribution in [3.05, 3.63) is 30.5 Å². The number of nitrogens with zero attached hydrogens (tertiary/aromatic N) is 2. The summed E-state index contributed by atoms with van der Waals surface area (Å²) < 4.78 is 8.11. The lowest BCUT2D eigenvalue weighted by Crippen LogP contribution is -2.51. The average Bonchev–Trinajstić information content (AvgIpc) is 3.15. The van der Waals surface area contributed by atoms with E-state index in [1.54, 1.807) is 0 Å². The van der Waals surface area contributed by atoms with Crippen LogP contribution in [0.3, 0.4) is 0 Å². The number of nitrogens with one attached hydrogen (secondary N) is 1. The Morgan fingerprint density at radius 3 is 2.89 bits per heavy atom. The third-order valence-electron chi connectivity index (χ3n) is 6.43. The Bertz CT molecular complexity index is 811. The first-order valence-corrected chi connectivity index (χ1v) is 10.9. The van der Waals surface area contributed by atoms with E-state index in [4.69, 9.17) is 4.74 Å². The zero-order chi connectivity index (χ0) is 19.5. The fraction of sp³-hybridized carbons (Fsp3) is 0.609. The van der Waals surface area contributed by atoms with Crippen LogP contribution in [0.25, 0.3) is 10.9 Å². The molecule has 3 heterocycles. The molecule has 2 fully saturated rings.